The average molecular weight is 367 g/mol. The monoisotopic (exact) mass is 366 g/mol. The molecule has 1 saturated carbocycles. The molecule has 0 aliphatic heterocycles. The molecule has 0 aromatic carbocycles. The first-order valence-electron chi connectivity index (χ1n) is 8.62. The van der Waals surface area contributed by atoms with Crippen molar-refractivity contribution in [3.05, 3.63) is 11.1 Å². The van der Waals surface area contributed by atoms with Gasteiger partial charge in [-0.2, -0.15) is 0 Å². The van der Waals surface area contributed by atoms with Gasteiger partial charge in [-0.3, -0.25) is 9.59 Å². The van der Waals surface area contributed by atoms with E-state index in [0.29, 0.717) is 6.54 Å². The second-order valence-corrected chi connectivity index (χ2v) is 8.91. The molecule has 0 bridgehead atoms. The Kier molecular flexibility index (Phi) is 5.47. The highest BCUT2D eigenvalue weighted by Crippen LogP contribution is 2.56. The molecule has 7 heteroatoms. The summed E-state index contributed by atoms with van der Waals surface area (Å²) in [6.07, 6.45) is 1.46. The highest BCUT2D eigenvalue weighted by atomic mass is 32.1. The number of amides is 2. The van der Waals surface area contributed by atoms with Crippen molar-refractivity contribution in [2.45, 2.75) is 40.2 Å². The third-order valence-corrected chi connectivity index (χ3v) is 6.88. The molecule has 140 valence electrons. The summed E-state index contributed by atoms with van der Waals surface area (Å²) in [4.78, 5) is 33.6. The minimum absolute atomic E-state index is 0.00552. The van der Waals surface area contributed by atoms with Crippen LogP contribution in [0.25, 0.3) is 0 Å². The molecule has 6 nitrogen and oxygen atoms in total. The van der Waals surface area contributed by atoms with Crippen LogP contribution in [0.3, 0.4) is 0 Å². The second-order valence-electron chi connectivity index (χ2n) is 8.08. The summed E-state index contributed by atoms with van der Waals surface area (Å²) in [7, 11) is 7.45. The fraction of sp³-hybridized carbons (Fsp3) is 0.722. The van der Waals surface area contributed by atoms with Crippen molar-refractivity contribution in [1.29, 1.82) is 0 Å². The maximum Gasteiger partial charge on any atom is 0.226 e. The minimum atomic E-state index is -0.566. The van der Waals surface area contributed by atoms with E-state index in [0.717, 1.165) is 23.7 Å². The van der Waals surface area contributed by atoms with Gasteiger partial charge < -0.3 is 15.1 Å². The lowest BCUT2D eigenvalue weighted by atomic mass is 9.65. The van der Waals surface area contributed by atoms with Gasteiger partial charge in [0, 0.05) is 39.5 Å². The maximum atomic E-state index is 13.0. The van der Waals surface area contributed by atoms with Crippen LogP contribution in [-0.2, 0) is 16.1 Å². The van der Waals surface area contributed by atoms with Crippen LogP contribution in [0.15, 0.2) is 5.38 Å². The average Bonchev–Trinajstić information content (AvgIpc) is 3.08. The summed E-state index contributed by atoms with van der Waals surface area (Å²) in [5.74, 6) is -0.0134. The zero-order valence-electron chi connectivity index (χ0n) is 16.3. The maximum absolute atomic E-state index is 13.0. The van der Waals surface area contributed by atoms with Gasteiger partial charge in [-0.05, 0) is 18.3 Å². The first kappa shape index (κ1) is 19.7. The molecule has 1 aromatic heterocycles. The Bertz CT molecular complexity index is 653. The number of thiazole rings is 1. The Morgan fingerprint density at radius 2 is 1.92 bits per heavy atom. The molecule has 1 heterocycles. The summed E-state index contributed by atoms with van der Waals surface area (Å²) in [6, 6.07) is 0. The highest BCUT2D eigenvalue weighted by molar-refractivity contribution is 7.13. The van der Waals surface area contributed by atoms with Gasteiger partial charge in [0.1, 0.15) is 0 Å². The molecule has 25 heavy (non-hydrogen) atoms. The summed E-state index contributed by atoms with van der Waals surface area (Å²) in [6.45, 7) is 6.48. The molecule has 2 rings (SSSR count). The van der Waals surface area contributed by atoms with E-state index in [1.165, 1.54) is 0 Å². The van der Waals surface area contributed by atoms with Crippen molar-refractivity contribution < 1.29 is 9.59 Å². The Morgan fingerprint density at radius 1 is 1.28 bits per heavy atom. The van der Waals surface area contributed by atoms with Gasteiger partial charge in [0.05, 0.1) is 17.7 Å². The molecule has 1 aliphatic carbocycles. The summed E-state index contributed by atoms with van der Waals surface area (Å²) >= 11 is 1.56. The minimum Gasteiger partial charge on any atom is -0.354 e. The van der Waals surface area contributed by atoms with Crippen LogP contribution < -0.4 is 10.2 Å². The van der Waals surface area contributed by atoms with Crippen LogP contribution >= 0.6 is 11.3 Å². The SMILES string of the molecule is CN(C)C(=O)[C@@H]1CC[C@](C)(C(=O)NCc2csc(N(C)C)n2)C1(C)C. The van der Waals surface area contributed by atoms with E-state index in [9.17, 15) is 9.59 Å². The quantitative estimate of drug-likeness (QED) is 0.869. The van der Waals surface area contributed by atoms with Crippen molar-refractivity contribution in [3.63, 3.8) is 0 Å². The standard InChI is InChI=1S/C18H30N4O2S/c1-17(2)13(14(23)21(4)5)8-9-18(17,3)15(24)19-10-12-11-25-16(20-12)22(6)7/h11,13H,8-10H2,1-7H3,(H,19,24)/t13-,18+/m0/s1. The van der Waals surface area contributed by atoms with Crippen molar-refractivity contribution >= 4 is 28.3 Å². The first-order chi connectivity index (χ1) is 11.5. The van der Waals surface area contributed by atoms with Crippen LogP contribution in [0, 0.1) is 16.7 Å². The first-order valence-corrected chi connectivity index (χ1v) is 9.50. The van der Waals surface area contributed by atoms with E-state index < -0.39 is 10.8 Å². The third-order valence-electron chi connectivity index (χ3n) is 5.82. The van der Waals surface area contributed by atoms with Gasteiger partial charge in [-0.15, -0.1) is 11.3 Å². The van der Waals surface area contributed by atoms with Gasteiger partial charge in [0.2, 0.25) is 11.8 Å². The van der Waals surface area contributed by atoms with Gasteiger partial charge in [-0.1, -0.05) is 20.8 Å². The molecule has 1 aliphatic rings. The number of carbonyl (C=O) groups excluding carboxylic acids is 2. The Balaban J connectivity index is 2.08. The lowest BCUT2D eigenvalue weighted by Crippen LogP contribution is -2.49. The van der Waals surface area contributed by atoms with Crippen LogP contribution in [0.5, 0.6) is 0 Å². The van der Waals surface area contributed by atoms with Gasteiger partial charge in [0.25, 0.3) is 0 Å². The zero-order chi connectivity index (χ0) is 19.0. The zero-order valence-corrected chi connectivity index (χ0v) is 17.2. The largest absolute Gasteiger partial charge is 0.354 e. The Morgan fingerprint density at radius 3 is 2.44 bits per heavy atom. The van der Waals surface area contributed by atoms with Gasteiger partial charge in [-0.25, -0.2) is 4.98 Å². The third kappa shape index (κ3) is 3.52. The Labute approximate surface area is 154 Å². The van der Waals surface area contributed by atoms with Crippen molar-refractivity contribution in [2.24, 2.45) is 16.7 Å². The molecule has 0 spiro atoms. The van der Waals surface area contributed by atoms with Gasteiger partial charge >= 0.3 is 0 Å². The molecule has 1 fully saturated rings. The summed E-state index contributed by atoms with van der Waals surface area (Å²) in [5, 5.41) is 5.93. The van der Waals surface area contributed by atoms with Crippen LogP contribution in [-0.4, -0.2) is 49.9 Å². The number of nitrogens with zero attached hydrogens (tertiary/aromatic N) is 3. The topological polar surface area (TPSA) is 65.5 Å². The molecule has 1 N–H and O–H groups in total. The molecule has 0 unspecified atom stereocenters. The van der Waals surface area contributed by atoms with E-state index in [1.807, 2.05) is 45.1 Å². The predicted octanol–water partition coefficient (Wildman–Crippen LogP) is 2.36. The fourth-order valence-corrected chi connectivity index (χ4v) is 4.36. The fourth-order valence-electron chi connectivity index (χ4n) is 3.60. The normalized spacial score (nSPS) is 24.8. The number of aromatic nitrogens is 1. The van der Waals surface area contributed by atoms with E-state index in [1.54, 1.807) is 30.3 Å². The van der Waals surface area contributed by atoms with Crippen molar-refractivity contribution in [1.82, 2.24) is 15.2 Å². The number of hydrogen-bond donors (Lipinski definition) is 1. The van der Waals surface area contributed by atoms with Crippen LogP contribution in [0.4, 0.5) is 5.13 Å². The second kappa shape index (κ2) is 6.94. The molecule has 0 saturated heterocycles. The lowest BCUT2D eigenvalue weighted by molar-refractivity contribution is -0.142. The Hall–Kier alpha value is -1.63. The number of anilines is 1. The van der Waals surface area contributed by atoms with Gasteiger partial charge in [0.15, 0.2) is 5.13 Å². The number of rotatable bonds is 5. The molecule has 2 atom stereocenters. The van der Waals surface area contributed by atoms with E-state index in [4.69, 9.17) is 0 Å². The molecule has 1 aromatic rings. The van der Waals surface area contributed by atoms with E-state index in [-0.39, 0.29) is 17.7 Å². The van der Waals surface area contributed by atoms with Crippen molar-refractivity contribution in [3.8, 4) is 0 Å². The van der Waals surface area contributed by atoms with Crippen molar-refractivity contribution in [2.75, 3.05) is 33.1 Å². The van der Waals surface area contributed by atoms with E-state index in [2.05, 4.69) is 10.3 Å². The smallest absolute Gasteiger partial charge is 0.226 e. The molecular formula is C18H30N4O2S. The predicted molar refractivity (Wildman–Crippen MR) is 102 cm³/mol. The highest BCUT2D eigenvalue weighted by Gasteiger charge is 2.58. The number of carbonyl (C=O) groups is 2. The molecular weight excluding hydrogens is 336 g/mol. The van der Waals surface area contributed by atoms with Crippen LogP contribution in [0.1, 0.15) is 39.3 Å². The molecule has 2 amide bonds. The number of hydrogen-bond acceptors (Lipinski definition) is 5. The molecule has 0 radical (unpaired) electrons. The summed E-state index contributed by atoms with van der Waals surface area (Å²) in [5.41, 5.74) is -0.0960. The summed E-state index contributed by atoms with van der Waals surface area (Å²) < 4.78 is 0. The van der Waals surface area contributed by atoms with Crippen LogP contribution in [0.2, 0.25) is 0 Å². The van der Waals surface area contributed by atoms with E-state index >= 15 is 0 Å². The number of nitrogens with one attached hydrogen (secondary N) is 1. The lowest BCUT2D eigenvalue weighted by Gasteiger charge is -2.40.